The van der Waals surface area contributed by atoms with Crippen LogP contribution in [0, 0.1) is 9.49 Å². The van der Waals surface area contributed by atoms with Gasteiger partial charge in [-0.15, -0.1) is 0 Å². The topological polar surface area (TPSA) is 67.9 Å². The number of nitrogens with one attached hydrogen (secondary N) is 1. The van der Waals surface area contributed by atoms with Gasteiger partial charge in [-0.3, -0.25) is 4.79 Å². The number of carbonyl (C=O) groups is 2. The van der Waals surface area contributed by atoms with Gasteiger partial charge in [0, 0.05) is 16.7 Å². The van der Waals surface area contributed by atoms with Crippen molar-refractivity contribution in [1.29, 1.82) is 0 Å². The molecule has 1 fully saturated rings. The molecule has 7 heteroatoms. The molecule has 132 valence electrons. The smallest absolute Gasteiger partial charge is 0.410 e. The summed E-state index contributed by atoms with van der Waals surface area (Å²) < 4.78 is 11.4. The van der Waals surface area contributed by atoms with Gasteiger partial charge >= 0.3 is 6.09 Å². The number of carbonyl (C=O) groups excluding carboxylic acids is 2. The van der Waals surface area contributed by atoms with Gasteiger partial charge in [0.15, 0.2) is 0 Å². The second-order valence-electron chi connectivity index (χ2n) is 6.75. The Morgan fingerprint density at radius 1 is 1.33 bits per heavy atom. The van der Waals surface area contributed by atoms with Gasteiger partial charge < -0.3 is 19.7 Å². The second-order valence-corrected chi connectivity index (χ2v) is 7.91. The number of methoxy groups -OCH3 is 1. The van der Waals surface area contributed by atoms with Crippen LogP contribution in [0.5, 0.6) is 5.75 Å². The first-order valence-electron chi connectivity index (χ1n) is 7.82. The molecule has 1 aliphatic heterocycles. The first-order chi connectivity index (χ1) is 11.2. The van der Waals surface area contributed by atoms with Gasteiger partial charge in [0.2, 0.25) is 5.91 Å². The number of ether oxygens (including phenoxy) is 2. The third-order valence-electron chi connectivity index (χ3n) is 3.64. The van der Waals surface area contributed by atoms with Gasteiger partial charge in [0.1, 0.15) is 11.4 Å². The molecule has 0 aromatic heterocycles. The largest absolute Gasteiger partial charge is 0.497 e. The van der Waals surface area contributed by atoms with Crippen LogP contribution in [0.4, 0.5) is 10.5 Å². The third-order valence-corrected chi connectivity index (χ3v) is 4.54. The number of hydrogen-bond acceptors (Lipinski definition) is 4. The first kappa shape index (κ1) is 18.8. The number of anilines is 1. The predicted molar refractivity (Wildman–Crippen MR) is 100 cm³/mol. The Bertz CT molecular complexity index is 628. The Morgan fingerprint density at radius 2 is 2.04 bits per heavy atom. The van der Waals surface area contributed by atoms with E-state index in [1.165, 1.54) is 0 Å². The Hall–Kier alpha value is -1.51. The molecule has 0 spiro atoms. The van der Waals surface area contributed by atoms with Crippen molar-refractivity contribution < 1.29 is 19.1 Å². The molecule has 1 atom stereocenters. The molecule has 1 N–H and O–H groups in total. The number of hydrogen-bond donors (Lipinski definition) is 1. The second kappa shape index (κ2) is 7.58. The first-order valence-corrected chi connectivity index (χ1v) is 8.90. The Balaban J connectivity index is 1.94. The van der Waals surface area contributed by atoms with Crippen LogP contribution in [0.15, 0.2) is 18.2 Å². The van der Waals surface area contributed by atoms with Crippen LogP contribution in [0.3, 0.4) is 0 Å². The number of halogens is 1. The highest BCUT2D eigenvalue weighted by atomic mass is 127. The summed E-state index contributed by atoms with van der Waals surface area (Å²) in [6, 6.07) is 5.48. The van der Waals surface area contributed by atoms with Crippen molar-refractivity contribution in [1.82, 2.24) is 4.90 Å². The highest BCUT2D eigenvalue weighted by molar-refractivity contribution is 14.1. The molecule has 1 aliphatic rings. The molecule has 2 rings (SSSR count). The minimum absolute atomic E-state index is 0.0795. The fourth-order valence-corrected chi connectivity index (χ4v) is 3.05. The fraction of sp³-hybridized carbons (Fsp3) is 0.529. The van der Waals surface area contributed by atoms with E-state index in [0.717, 1.165) is 15.0 Å². The fourth-order valence-electron chi connectivity index (χ4n) is 2.43. The summed E-state index contributed by atoms with van der Waals surface area (Å²) in [5.74, 6) is 0.439. The van der Waals surface area contributed by atoms with Gasteiger partial charge in [-0.1, -0.05) is 0 Å². The lowest BCUT2D eigenvalue weighted by Gasteiger charge is -2.24. The summed E-state index contributed by atoms with van der Waals surface area (Å²) in [4.78, 5) is 26.1. The molecule has 1 aromatic carbocycles. The monoisotopic (exact) mass is 446 g/mol. The number of rotatable bonds is 3. The minimum atomic E-state index is -0.531. The molecular weight excluding hydrogens is 423 g/mol. The molecule has 0 radical (unpaired) electrons. The molecule has 1 saturated heterocycles. The standard InChI is InChI=1S/C17H23IN2O4/c1-17(2,3)24-16(22)20-8-7-11(10-20)15(21)19-14-6-5-12(23-4)9-13(14)18/h5-6,9,11H,7-8,10H2,1-4H3,(H,19,21). The molecule has 6 nitrogen and oxygen atoms in total. The van der Waals surface area contributed by atoms with Crippen LogP contribution in [-0.4, -0.2) is 42.7 Å². The highest BCUT2D eigenvalue weighted by Crippen LogP contribution is 2.26. The maximum atomic E-state index is 12.5. The van der Waals surface area contributed by atoms with E-state index in [2.05, 4.69) is 27.9 Å². The van der Waals surface area contributed by atoms with Crippen molar-refractivity contribution in [2.45, 2.75) is 32.8 Å². The lowest BCUT2D eigenvalue weighted by Crippen LogP contribution is -2.36. The number of likely N-dealkylation sites (tertiary alicyclic amines) is 1. The van der Waals surface area contributed by atoms with Gasteiger partial charge in [-0.05, 0) is 68.0 Å². The Kier molecular flexibility index (Phi) is 5.95. The summed E-state index contributed by atoms with van der Waals surface area (Å²) in [6.45, 7) is 6.41. The third kappa shape index (κ3) is 4.99. The van der Waals surface area contributed by atoms with Gasteiger partial charge in [0.25, 0.3) is 0 Å². The molecule has 0 saturated carbocycles. The summed E-state index contributed by atoms with van der Waals surface area (Å²) in [7, 11) is 1.60. The molecular formula is C17H23IN2O4. The SMILES string of the molecule is COc1ccc(NC(=O)C2CCN(C(=O)OC(C)(C)C)C2)c(I)c1. The van der Waals surface area contributed by atoms with E-state index in [-0.39, 0.29) is 17.9 Å². The average molecular weight is 446 g/mol. The number of benzene rings is 1. The molecule has 1 heterocycles. The van der Waals surface area contributed by atoms with Crippen LogP contribution in [0.2, 0.25) is 0 Å². The van der Waals surface area contributed by atoms with E-state index in [4.69, 9.17) is 9.47 Å². The summed E-state index contributed by atoms with van der Waals surface area (Å²) in [5, 5.41) is 2.93. The van der Waals surface area contributed by atoms with Crippen LogP contribution in [-0.2, 0) is 9.53 Å². The number of nitrogens with zero attached hydrogens (tertiary/aromatic N) is 1. The molecule has 24 heavy (non-hydrogen) atoms. The van der Waals surface area contributed by atoms with E-state index in [1.807, 2.05) is 32.9 Å². The van der Waals surface area contributed by atoms with Crippen molar-refractivity contribution in [2.24, 2.45) is 5.92 Å². The predicted octanol–water partition coefficient (Wildman–Crippen LogP) is 3.50. The quantitative estimate of drug-likeness (QED) is 0.722. The zero-order valence-corrected chi connectivity index (χ0v) is 16.5. The summed E-state index contributed by atoms with van der Waals surface area (Å²) in [5.41, 5.74) is 0.216. The van der Waals surface area contributed by atoms with Crippen molar-refractivity contribution in [3.8, 4) is 5.75 Å². The molecule has 1 aromatic rings. The Morgan fingerprint density at radius 3 is 2.62 bits per heavy atom. The van der Waals surface area contributed by atoms with Gasteiger partial charge in [0.05, 0.1) is 18.7 Å². The summed E-state index contributed by atoms with van der Waals surface area (Å²) >= 11 is 2.16. The highest BCUT2D eigenvalue weighted by Gasteiger charge is 2.33. The minimum Gasteiger partial charge on any atom is -0.497 e. The Labute approximate surface area is 156 Å². The van der Waals surface area contributed by atoms with E-state index in [9.17, 15) is 9.59 Å². The van der Waals surface area contributed by atoms with Crippen LogP contribution < -0.4 is 10.1 Å². The van der Waals surface area contributed by atoms with E-state index in [1.54, 1.807) is 18.1 Å². The van der Waals surface area contributed by atoms with Crippen molar-refractivity contribution in [3.63, 3.8) is 0 Å². The van der Waals surface area contributed by atoms with Crippen molar-refractivity contribution >= 4 is 40.3 Å². The van der Waals surface area contributed by atoms with E-state index in [0.29, 0.717) is 19.5 Å². The molecule has 1 unspecified atom stereocenters. The zero-order chi connectivity index (χ0) is 17.9. The van der Waals surface area contributed by atoms with E-state index < -0.39 is 5.60 Å². The van der Waals surface area contributed by atoms with Gasteiger partial charge in [-0.25, -0.2) is 4.79 Å². The lowest BCUT2D eigenvalue weighted by molar-refractivity contribution is -0.119. The van der Waals surface area contributed by atoms with Crippen LogP contribution >= 0.6 is 22.6 Å². The molecule has 2 amide bonds. The molecule has 0 aliphatic carbocycles. The zero-order valence-electron chi connectivity index (χ0n) is 14.4. The van der Waals surface area contributed by atoms with Gasteiger partial charge in [-0.2, -0.15) is 0 Å². The average Bonchev–Trinajstić information content (AvgIpc) is 2.97. The van der Waals surface area contributed by atoms with Crippen LogP contribution in [0.1, 0.15) is 27.2 Å². The van der Waals surface area contributed by atoms with E-state index >= 15 is 0 Å². The van der Waals surface area contributed by atoms with Crippen molar-refractivity contribution in [3.05, 3.63) is 21.8 Å². The number of amides is 2. The maximum Gasteiger partial charge on any atom is 0.410 e. The maximum absolute atomic E-state index is 12.5. The summed E-state index contributed by atoms with van der Waals surface area (Å²) in [6.07, 6.45) is 0.273. The van der Waals surface area contributed by atoms with Crippen molar-refractivity contribution in [2.75, 3.05) is 25.5 Å². The normalized spacial score (nSPS) is 17.5. The van der Waals surface area contributed by atoms with Crippen LogP contribution in [0.25, 0.3) is 0 Å². The lowest BCUT2D eigenvalue weighted by atomic mass is 10.1. The molecule has 0 bridgehead atoms.